The van der Waals surface area contributed by atoms with E-state index in [1.165, 1.54) is 0 Å². The highest BCUT2D eigenvalue weighted by Crippen LogP contribution is 2.31. The molecule has 9 heteroatoms. The molecule has 0 heterocycles. The van der Waals surface area contributed by atoms with Crippen LogP contribution >= 0.6 is 0 Å². The summed E-state index contributed by atoms with van der Waals surface area (Å²) in [5.74, 6) is -2.14. The summed E-state index contributed by atoms with van der Waals surface area (Å²) in [6.07, 6.45) is -9.36. The second-order valence-electron chi connectivity index (χ2n) is 5.33. The fraction of sp³-hybridized carbons (Fsp3) is 0.176. The fourth-order valence-corrected chi connectivity index (χ4v) is 2.14. The van der Waals surface area contributed by atoms with Crippen LogP contribution in [0.4, 0.5) is 26.3 Å². The van der Waals surface area contributed by atoms with E-state index in [1.54, 1.807) is 0 Å². The number of halogens is 6. The van der Waals surface area contributed by atoms with Gasteiger partial charge in [-0.2, -0.15) is 26.3 Å². The van der Waals surface area contributed by atoms with Crippen LogP contribution in [0.5, 0.6) is 0 Å². The lowest BCUT2D eigenvalue weighted by molar-refractivity contribution is -0.138. The predicted molar refractivity (Wildman–Crippen MR) is 79.3 cm³/mol. The van der Waals surface area contributed by atoms with E-state index >= 15 is 0 Å². The fourth-order valence-electron chi connectivity index (χ4n) is 2.14. The van der Waals surface area contributed by atoms with Crippen molar-refractivity contribution in [3.63, 3.8) is 0 Å². The molecule has 0 aromatic heterocycles. The van der Waals surface area contributed by atoms with Crippen molar-refractivity contribution in [2.75, 3.05) is 7.05 Å². The van der Waals surface area contributed by atoms with Gasteiger partial charge in [0, 0.05) is 18.2 Å². The van der Waals surface area contributed by atoms with Gasteiger partial charge in [0.1, 0.15) is 0 Å². The molecule has 0 bridgehead atoms. The number of carbonyl (C=O) groups is 2. The summed E-state index contributed by atoms with van der Waals surface area (Å²) in [5, 5.41) is 0. The highest BCUT2D eigenvalue weighted by atomic mass is 19.4. The van der Waals surface area contributed by atoms with Crippen LogP contribution in [-0.4, -0.2) is 23.8 Å². The first kappa shape index (κ1) is 19.5. The quantitative estimate of drug-likeness (QED) is 0.567. The summed E-state index contributed by atoms with van der Waals surface area (Å²) in [7, 11) is 0.977. The van der Waals surface area contributed by atoms with Crippen molar-refractivity contribution in [2.24, 2.45) is 0 Å². The van der Waals surface area contributed by atoms with Crippen LogP contribution in [0.1, 0.15) is 31.8 Å². The second-order valence-corrected chi connectivity index (χ2v) is 5.33. The SMILES string of the molecule is CN(C(=O)c1cccc(C(F)(F)F)c1)C(=O)c1cccc(C(F)(F)F)c1. The third-order valence-corrected chi connectivity index (χ3v) is 3.48. The molecule has 0 unspecified atom stereocenters. The number of carbonyl (C=O) groups excluding carboxylic acids is 2. The molecule has 0 N–H and O–H groups in total. The van der Waals surface area contributed by atoms with Gasteiger partial charge in [-0.05, 0) is 36.4 Å². The minimum Gasteiger partial charge on any atom is -0.278 e. The lowest BCUT2D eigenvalue weighted by Crippen LogP contribution is -2.33. The average molecular weight is 375 g/mol. The van der Waals surface area contributed by atoms with Crippen LogP contribution in [0.2, 0.25) is 0 Å². The molecule has 0 saturated carbocycles. The third kappa shape index (κ3) is 4.22. The Bertz CT molecular complexity index is 772. The predicted octanol–water partition coefficient (Wildman–Crippen LogP) is 4.64. The van der Waals surface area contributed by atoms with E-state index in [4.69, 9.17) is 0 Å². The summed E-state index contributed by atoms with van der Waals surface area (Å²) in [5.41, 5.74) is -2.99. The van der Waals surface area contributed by atoms with Crippen LogP contribution in [0.25, 0.3) is 0 Å². The molecule has 26 heavy (non-hydrogen) atoms. The van der Waals surface area contributed by atoms with E-state index in [9.17, 15) is 35.9 Å². The van der Waals surface area contributed by atoms with Crippen LogP contribution in [-0.2, 0) is 12.4 Å². The molecule has 0 spiro atoms. The molecule has 2 rings (SSSR count). The van der Waals surface area contributed by atoms with Gasteiger partial charge >= 0.3 is 12.4 Å². The van der Waals surface area contributed by atoms with E-state index in [0.717, 1.165) is 43.4 Å². The summed E-state index contributed by atoms with van der Waals surface area (Å²) in [4.78, 5) is 24.9. The minimum atomic E-state index is -4.68. The number of nitrogens with zero attached hydrogens (tertiary/aromatic N) is 1. The third-order valence-electron chi connectivity index (χ3n) is 3.48. The van der Waals surface area contributed by atoms with Crippen molar-refractivity contribution in [3.8, 4) is 0 Å². The largest absolute Gasteiger partial charge is 0.416 e. The standard InChI is InChI=1S/C17H11F6NO2/c1-24(14(25)10-4-2-6-12(8-10)16(18,19)20)15(26)11-5-3-7-13(9-11)17(21,22)23/h2-9H,1H3. The topological polar surface area (TPSA) is 37.4 Å². The smallest absolute Gasteiger partial charge is 0.278 e. The maximum Gasteiger partial charge on any atom is 0.416 e. The van der Waals surface area contributed by atoms with E-state index in [2.05, 4.69) is 0 Å². The van der Waals surface area contributed by atoms with Gasteiger partial charge in [0.2, 0.25) is 0 Å². The maximum absolute atomic E-state index is 12.7. The number of rotatable bonds is 2. The first-order valence-corrected chi connectivity index (χ1v) is 7.08. The maximum atomic E-state index is 12.7. The molecule has 0 radical (unpaired) electrons. The van der Waals surface area contributed by atoms with Crippen molar-refractivity contribution in [1.82, 2.24) is 4.90 Å². The minimum absolute atomic E-state index is 0.414. The van der Waals surface area contributed by atoms with Gasteiger partial charge in [-0.25, -0.2) is 0 Å². The Labute approximate surface area is 143 Å². The molecular weight excluding hydrogens is 364 g/mol. The summed E-state index contributed by atoms with van der Waals surface area (Å²) in [6, 6.07) is 6.80. The Hall–Kier alpha value is -2.84. The number of amides is 2. The molecule has 2 aromatic carbocycles. The first-order chi connectivity index (χ1) is 11.9. The molecule has 0 saturated heterocycles. The van der Waals surface area contributed by atoms with Crippen molar-refractivity contribution < 1.29 is 35.9 Å². The van der Waals surface area contributed by atoms with E-state index in [1.807, 2.05) is 0 Å². The van der Waals surface area contributed by atoms with Gasteiger partial charge in [-0.15, -0.1) is 0 Å². The molecule has 2 aromatic rings. The van der Waals surface area contributed by atoms with Crippen molar-refractivity contribution in [2.45, 2.75) is 12.4 Å². The molecule has 0 fully saturated rings. The molecule has 3 nitrogen and oxygen atoms in total. The van der Waals surface area contributed by atoms with E-state index in [-0.39, 0.29) is 0 Å². The molecule has 0 aliphatic rings. The lowest BCUT2D eigenvalue weighted by atomic mass is 10.1. The van der Waals surface area contributed by atoms with Gasteiger partial charge in [0.25, 0.3) is 11.8 Å². The highest BCUT2D eigenvalue weighted by Gasteiger charge is 2.33. The Morgan fingerprint density at radius 1 is 0.731 bits per heavy atom. The van der Waals surface area contributed by atoms with Crippen LogP contribution in [0, 0.1) is 0 Å². The van der Waals surface area contributed by atoms with Crippen LogP contribution in [0.15, 0.2) is 48.5 Å². The number of imide groups is 1. The monoisotopic (exact) mass is 375 g/mol. The van der Waals surface area contributed by atoms with Gasteiger partial charge < -0.3 is 0 Å². The van der Waals surface area contributed by atoms with Gasteiger partial charge in [-0.3, -0.25) is 14.5 Å². The highest BCUT2D eigenvalue weighted by molar-refractivity contribution is 6.10. The Kier molecular flexibility index (Phi) is 5.11. The van der Waals surface area contributed by atoms with Crippen LogP contribution in [0.3, 0.4) is 0 Å². The Balaban J connectivity index is 2.30. The van der Waals surface area contributed by atoms with Crippen molar-refractivity contribution in [1.29, 1.82) is 0 Å². The molecule has 2 amide bonds. The Morgan fingerprint density at radius 2 is 1.08 bits per heavy atom. The first-order valence-electron chi connectivity index (χ1n) is 7.08. The van der Waals surface area contributed by atoms with E-state index in [0.29, 0.717) is 17.0 Å². The zero-order valence-electron chi connectivity index (χ0n) is 13.2. The normalized spacial score (nSPS) is 12.0. The molecule has 0 aliphatic carbocycles. The molecular formula is C17H11F6NO2. The van der Waals surface area contributed by atoms with Crippen molar-refractivity contribution >= 4 is 11.8 Å². The number of hydrogen-bond acceptors (Lipinski definition) is 2. The number of benzene rings is 2. The lowest BCUT2D eigenvalue weighted by Gasteiger charge is -2.17. The molecule has 0 atom stereocenters. The number of hydrogen-bond donors (Lipinski definition) is 0. The molecule has 138 valence electrons. The van der Waals surface area contributed by atoms with Crippen LogP contribution < -0.4 is 0 Å². The summed E-state index contributed by atoms with van der Waals surface area (Å²) in [6.45, 7) is 0. The van der Waals surface area contributed by atoms with Gasteiger partial charge in [-0.1, -0.05) is 12.1 Å². The van der Waals surface area contributed by atoms with Crippen molar-refractivity contribution in [3.05, 3.63) is 70.8 Å². The van der Waals surface area contributed by atoms with E-state index < -0.39 is 46.4 Å². The van der Waals surface area contributed by atoms with Gasteiger partial charge in [0.05, 0.1) is 11.1 Å². The zero-order chi connectivity index (χ0) is 19.7. The summed E-state index contributed by atoms with van der Waals surface area (Å²) >= 11 is 0. The van der Waals surface area contributed by atoms with Gasteiger partial charge in [0.15, 0.2) is 0 Å². The average Bonchev–Trinajstić information content (AvgIpc) is 2.58. The molecule has 0 aliphatic heterocycles. The number of alkyl halides is 6. The second kappa shape index (κ2) is 6.81. The Morgan fingerprint density at radius 3 is 1.38 bits per heavy atom. The summed E-state index contributed by atoms with van der Waals surface area (Å²) < 4.78 is 76.3. The zero-order valence-corrected chi connectivity index (χ0v) is 13.2.